The third-order valence-electron chi connectivity index (χ3n) is 7.24. The molecule has 0 radical (unpaired) electrons. The summed E-state index contributed by atoms with van der Waals surface area (Å²) in [5, 5.41) is 11.3. The lowest BCUT2D eigenvalue weighted by molar-refractivity contribution is -0.140. The lowest BCUT2D eigenvalue weighted by Gasteiger charge is -2.18. The van der Waals surface area contributed by atoms with E-state index in [-0.39, 0.29) is 11.7 Å². The van der Waals surface area contributed by atoms with Crippen LogP contribution in [0.15, 0.2) is 60.7 Å². The number of rotatable bonds is 11. The van der Waals surface area contributed by atoms with E-state index in [2.05, 4.69) is 40.0 Å². The highest BCUT2D eigenvalue weighted by molar-refractivity contribution is 7.22. The van der Waals surface area contributed by atoms with Crippen molar-refractivity contribution in [2.24, 2.45) is 0 Å². The van der Waals surface area contributed by atoms with E-state index in [4.69, 9.17) is 9.47 Å². The lowest BCUT2D eigenvalue weighted by atomic mass is 9.97. The molecule has 0 saturated carbocycles. The number of hydrogen-bond donors (Lipinski definition) is 1. The first-order valence-corrected chi connectivity index (χ1v) is 14.3. The van der Waals surface area contributed by atoms with E-state index in [1.165, 1.54) is 41.5 Å². The van der Waals surface area contributed by atoms with Crippen LogP contribution >= 0.6 is 11.3 Å². The highest BCUT2D eigenvalue weighted by atomic mass is 32.1. The standard InChI is InChI=1S/C32H35NO5S/c1-36-29-19-22(7-8-24(29)21-33-15-3-4-16-33)18-28-27-14-11-25(34)20-30(27)39-32(28)23-9-12-26(13-10-23)38-17-5-6-31(35)37-2/h7-14,19-20,34H,3-6,15-18,21H2,1-2H3. The predicted molar refractivity (Wildman–Crippen MR) is 156 cm³/mol. The first-order valence-electron chi connectivity index (χ1n) is 13.5. The van der Waals surface area contributed by atoms with Gasteiger partial charge in [-0.25, -0.2) is 0 Å². The number of likely N-dealkylation sites (tertiary alicyclic amines) is 1. The van der Waals surface area contributed by atoms with Crippen LogP contribution in [0.2, 0.25) is 0 Å². The van der Waals surface area contributed by atoms with E-state index in [0.717, 1.165) is 53.2 Å². The minimum atomic E-state index is -0.226. The molecule has 1 saturated heterocycles. The zero-order valence-electron chi connectivity index (χ0n) is 22.6. The van der Waals surface area contributed by atoms with Crippen LogP contribution in [0.5, 0.6) is 17.2 Å². The minimum Gasteiger partial charge on any atom is -0.508 e. The molecule has 4 aromatic rings. The van der Waals surface area contributed by atoms with Crippen molar-refractivity contribution >= 4 is 27.4 Å². The molecule has 1 aliphatic heterocycles. The number of ether oxygens (including phenoxy) is 3. The molecule has 3 aromatic carbocycles. The Morgan fingerprint density at radius 2 is 1.79 bits per heavy atom. The molecule has 1 fully saturated rings. The summed E-state index contributed by atoms with van der Waals surface area (Å²) in [5.41, 5.74) is 4.75. The summed E-state index contributed by atoms with van der Waals surface area (Å²) >= 11 is 1.69. The number of carbonyl (C=O) groups excluding carboxylic acids is 1. The number of phenols is 1. The van der Waals surface area contributed by atoms with Gasteiger partial charge in [-0.2, -0.15) is 0 Å². The zero-order chi connectivity index (χ0) is 27.2. The summed E-state index contributed by atoms with van der Waals surface area (Å²) in [5.74, 6) is 1.75. The Kier molecular flexibility index (Phi) is 8.69. The van der Waals surface area contributed by atoms with E-state index in [1.807, 2.05) is 24.3 Å². The van der Waals surface area contributed by atoms with Crippen LogP contribution in [-0.4, -0.2) is 49.9 Å². The molecule has 1 aliphatic rings. The largest absolute Gasteiger partial charge is 0.508 e. The Bertz CT molecular complexity index is 1420. The van der Waals surface area contributed by atoms with Crippen molar-refractivity contribution in [3.05, 3.63) is 77.4 Å². The Balaban J connectivity index is 1.39. The predicted octanol–water partition coefficient (Wildman–Crippen LogP) is 6.80. The molecule has 1 aromatic heterocycles. The molecule has 0 spiro atoms. The minimum absolute atomic E-state index is 0.226. The van der Waals surface area contributed by atoms with Gasteiger partial charge >= 0.3 is 5.97 Å². The Hall–Kier alpha value is -3.55. The van der Waals surface area contributed by atoms with E-state index in [1.54, 1.807) is 24.5 Å². The fraction of sp³-hybridized carbons (Fsp3) is 0.344. The van der Waals surface area contributed by atoms with Crippen LogP contribution in [0.1, 0.15) is 42.4 Å². The maximum absolute atomic E-state index is 11.3. The van der Waals surface area contributed by atoms with Crippen molar-refractivity contribution in [1.29, 1.82) is 0 Å². The van der Waals surface area contributed by atoms with Crippen molar-refractivity contribution in [2.75, 3.05) is 33.9 Å². The van der Waals surface area contributed by atoms with E-state index in [9.17, 15) is 9.90 Å². The van der Waals surface area contributed by atoms with Gasteiger partial charge in [-0.3, -0.25) is 9.69 Å². The van der Waals surface area contributed by atoms with Crippen molar-refractivity contribution in [3.63, 3.8) is 0 Å². The SMILES string of the molecule is COC(=O)CCCOc1ccc(-c2sc3cc(O)ccc3c2Cc2ccc(CN3CCCC3)c(OC)c2)cc1. The molecule has 39 heavy (non-hydrogen) atoms. The van der Waals surface area contributed by atoms with E-state index < -0.39 is 0 Å². The Labute approximate surface area is 233 Å². The van der Waals surface area contributed by atoms with Crippen LogP contribution in [-0.2, 0) is 22.5 Å². The zero-order valence-corrected chi connectivity index (χ0v) is 23.4. The number of hydrogen-bond acceptors (Lipinski definition) is 7. The second kappa shape index (κ2) is 12.5. The number of benzene rings is 3. The van der Waals surface area contributed by atoms with E-state index in [0.29, 0.717) is 19.4 Å². The van der Waals surface area contributed by atoms with Crippen LogP contribution in [0.4, 0.5) is 0 Å². The number of fused-ring (bicyclic) bond motifs is 1. The van der Waals surface area contributed by atoms with Crippen molar-refractivity contribution in [3.8, 4) is 27.7 Å². The van der Waals surface area contributed by atoms with E-state index >= 15 is 0 Å². The number of esters is 1. The molecule has 0 amide bonds. The fourth-order valence-corrected chi connectivity index (χ4v) is 6.43. The molecule has 7 heteroatoms. The number of methoxy groups -OCH3 is 2. The molecular weight excluding hydrogens is 510 g/mol. The van der Waals surface area contributed by atoms with Gasteiger partial charge in [0.15, 0.2) is 0 Å². The van der Waals surface area contributed by atoms with Crippen molar-refractivity contribution in [1.82, 2.24) is 4.90 Å². The van der Waals surface area contributed by atoms with Gasteiger partial charge in [0.05, 0.1) is 20.8 Å². The summed E-state index contributed by atoms with van der Waals surface area (Å²) in [6, 6.07) is 20.3. The number of thiophene rings is 1. The normalized spacial score (nSPS) is 13.6. The number of aromatic hydroxyl groups is 1. The summed E-state index contributed by atoms with van der Waals surface area (Å²) in [6.45, 7) is 3.68. The van der Waals surface area contributed by atoms with Gasteiger partial charge in [0, 0.05) is 28.1 Å². The average Bonchev–Trinajstić information content (AvgIpc) is 3.59. The first kappa shape index (κ1) is 27.0. The van der Waals surface area contributed by atoms with Crippen molar-refractivity contribution in [2.45, 2.75) is 38.6 Å². The molecule has 0 atom stereocenters. The highest BCUT2D eigenvalue weighted by Crippen LogP contribution is 2.42. The summed E-state index contributed by atoms with van der Waals surface area (Å²) in [6.07, 6.45) is 4.25. The molecular formula is C32H35NO5S. The number of phenolic OH excluding ortho intramolecular Hbond substituents is 1. The van der Waals surface area contributed by atoms with Crippen LogP contribution in [0.25, 0.3) is 20.5 Å². The maximum atomic E-state index is 11.3. The third-order valence-corrected chi connectivity index (χ3v) is 8.48. The molecule has 204 valence electrons. The topological polar surface area (TPSA) is 68.2 Å². The summed E-state index contributed by atoms with van der Waals surface area (Å²) in [7, 11) is 3.15. The Morgan fingerprint density at radius 3 is 2.54 bits per heavy atom. The van der Waals surface area contributed by atoms with Gasteiger partial charge in [0.1, 0.15) is 17.2 Å². The molecule has 6 nitrogen and oxygen atoms in total. The smallest absolute Gasteiger partial charge is 0.305 e. The summed E-state index contributed by atoms with van der Waals surface area (Å²) in [4.78, 5) is 15.0. The van der Waals surface area contributed by atoms with Gasteiger partial charge in [-0.05, 0) is 109 Å². The second-order valence-corrected chi connectivity index (χ2v) is 11.0. The quantitative estimate of drug-likeness (QED) is 0.165. The fourth-order valence-electron chi connectivity index (χ4n) is 5.17. The molecule has 0 unspecified atom stereocenters. The molecule has 2 heterocycles. The van der Waals surface area contributed by atoms with Gasteiger partial charge in [-0.1, -0.05) is 12.1 Å². The molecule has 5 rings (SSSR count). The third kappa shape index (κ3) is 6.54. The van der Waals surface area contributed by atoms with Crippen LogP contribution < -0.4 is 9.47 Å². The van der Waals surface area contributed by atoms with Gasteiger partial charge in [0.2, 0.25) is 0 Å². The van der Waals surface area contributed by atoms with Gasteiger partial charge in [-0.15, -0.1) is 11.3 Å². The number of nitrogens with zero attached hydrogens (tertiary/aromatic N) is 1. The van der Waals surface area contributed by atoms with Gasteiger partial charge < -0.3 is 19.3 Å². The van der Waals surface area contributed by atoms with Crippen LogP contribution in [0.3, 0.4) is 0 Å². The molecule has 0 aliphatic carbocycles. The van der Waals surface area contributed by atoms with Crippen molar-refractivity contribution < 1.29 is 24.1 Å². The van der Waals surface area contributed by atoms with Gasteiger partial charge in [0.25, 0.3) is 0 Å². The summed E-state index contributed by atoms with van der Waals surface area (Å²) < 4.78 is 17.4. The maximum Gasteiger partial charge on any atom is 0.305 e. The Morgan fingerprint density at radius 1 is 1.00 bits per heavy atom. The monoisotopic (exact) mass is 545 g/mol. The number of carbonyl (C=O) groups is 1. The first-order chi connectivity index (χ1) is 19.0. The molecule has 1 N–H and O–H groups in total. The highest BCUT2D eigenvalue weighted by Gasteiger charge is 2.18. The lowest BCUT2D eigenvalue weighted by Crippen LogP contribution is -2.18. The van der Waals surface area contributed by atoms with Crippen LogP contribution in [0, 0.1) is 0 Å². The average molecular weight is 546 g/mol. The second-order valence-electron chi connectivity index (χ2n) is 9.95. The molecule has 0 bridgehead atoms.